The quantitative estimate of drug-likeness (QED) is 0.567. The molecule has 0 radical (unpaired) electrons. The molecule has 0 N–H and O–H groups in total. The maximum absolute atomic E-state index is 12.3. The Morgan fingerprint density at radius 1 is 1.16 bits per heavy atom. The summed E-state index contributed by atoms with van der Waals surface area (Å²) >= 11 is 0. The highest BCUT2D eigenvalue weighted by Crippen LogP contribution is 2.28. The number of methoxy groups -OCH3 is 3. The van der Waals surface area contributed by atoms with Crippen LogP contribution in [0.1, 0.15) is 18.4 Å². The highest BCUT2D eigenvalue weighted by atomic mass is 16.5. The van der Waals surface area contributed by atoms with Crippen molar-refractivity contribution in [2.75, 3.05) is 34.4 Å². The minimum Gasteiger partial charge on any atom is -0.493 e. The SMILES string of the molecule is COC(=O)C1CCN(C(=O)CCc2ccc(OC)c(OC)c2)CC1=O. The van der Waals surface area contributed by atoms with Gasteiger partial charge in [-0.25, -0.2) is 0 Å². The number of nitrogens with zero attached hydrogens (tertiary/aromatic N) is 1. The Labute approximate surface area is 146 Å². The number of piperidine rings is 1. The van der Waals surface area contributed by atoms with Gasteiger partial charge in [0.15, 0.2) is 17.3 Å². The van der Waals surface area contributed by atoms with Crippen molar-refractivity contribution in [3.05, 3.63) is 23.8 Å². The molecule has 2 rings (SSSR count). The largest absolute Gasteiger partial charge is 0.493 e. The summed E-state index contributed by atoms with van der Waals surface area (Å²) in [5.74, 6) is -0.402. The smallest absolute Gasteiger partial charge is 0.316 e. The molecular formula is C18H23NO6. The first kappa shape index (κ1) is 18.8. The molecule has 1 saturated heterocycles. The number of aryl methyl sites for hydroxylation is 1. The number of ether oxygens (including phenoxy) is 3. The fourth-order valence-corrected chi connectivity index (χ4v) is 2.87. The minimum absolute atomic E-state index is 0.0372. The molecule has 1 aromatic carbocycles. The number of amides is 1. The molecule has 1 amide bonds. The number of carbonyl (C=O) groups excluding carboxylic acids is 3. The first-order chi connectivity index (χ1) is 12.0. The lowest BCUT2D eigenvalue weighted by molar-refractivity contribution is -0.154. The summed E-state index contributed by atoms with van der Waals surface area (Å²) < 4.78 is 15.1. The van der Waals surface area contributed by atoms with E-state index in [2.05, 4.69) is 4.74 Å². The highest BCUT2D eigenvalue weighted by molar-refractivity contribution is 6.01. The van der Waals surface area contributed by atoms with Crippen molar-refractivity contribution in [2.45, 2.75) is 19.3 Å². The Bertz CT molecular complexity index is 657. The summed E-state index contributed by atoms with van der Waals surface area (Å²) in [6.45, 7) is 0.348. The topological polar surface area (TPSA) is 82.1 Å². The predicted molar refractivity (Wildman–Crippen MR) is 89.6 cm³/mol. The van der Waals surface area contributed by atoms with E-state index in [1.165, 1.54) is 12.0 Å². The number of carbonyl (C=O) groups is 3. The second-order valence-corrected chi connectivity index (χ2v) is 5.84. The van der Waals surface area contributed by atoms with Crippen molar-refractivity contribution in [1.29, 1.82) is 0 Å². The lowest BCUT2D eigenvalue weighted by Gasteiger charge is -2.29. The summed E-state index contributed by atoms with van der Waals surface area (Å²) in [4.78, 5) is 37.4. The van der Waals surface area contributed by atoms with E-state index >= 15 is 0 Å². The van der Waals surface area contributed by atoms with Crippen molar-refractivity contribution in [2.24, 2.45) is 5.92 Å². The molecule has 7 heteroatoms. The third-order valence-corrected chi connectivity index (χ3v) is 4.34. The molecule has 1 heterocycles. The Morgan fingerprint density at radius 2 is 1.88 bits per heavy atom. The van der Waals surface area contributed by atoms with Crippen LogP contribution in [-0.2, 0) is 25.5 Å². The van der Waals surface area contributed by atoms with E-state index in [0.717, 1.165) is 5.56 Å². The fraction of sp³-hybridized carbons (Fsp3) is 0.500. The summed E-state index contributed by atoms with van der Waals surface area (Å²) in [5.41, 5.74) is 0.946. The molecule has 1 unspecified atom stereocenters. The number of hydrogen-bond donors (Lipinski definition) is 0. The first-order valence-electron chi connectivity index (χ1n) is 8.09. The molecule has 0 spiro atoms. The summed E-state index contributed by atoms with van der Waals surface area (Å²) in [6, 6.07) is 5.51. The number of Topliss-reactive ketones (excluding diaryl/α,β-unsaturated/α-hetero) is 1. The van der Waals surface area contributed by atoms with E-state index in [9.17, 15) is 14.4 Å². The Balaban J connectivity index is 1.91. The molecule has 136 valence electrons. The Hall–Kier alpha value is -2.57. The third-order valence-electron chi connectivity index (χ3n) is 4.34. The van der Waals surface area contributed by atoms with E-state index in [-0.39, 0.29) is 24.7 Å². The van der Waals surface area contributed by atoms with Gasteiger partial charge in [-0.15, -0.1) is 0 Å². The van der Waals surface area contributed by atoms with Gasteiger partial charge in [0, 0.05) is 13.0 Å². The molecule has 0 aliphatic carbocycles. The molecule has 1 fully saturated rings. The van der Waals surface area contributed by atoms with Crippen LogP contribution in [0.15, 0.2) is 18.2 Å². The van der Waals surface area contributed by atoms with Crippen LogP contribution >= 0.6 is 0 Å². The van der Waals surface area contributed by atoms with Crippen LogP contribution in [0.5, 0.6) is 11.5 Å². The monoisotopic (exact) mass is 349 g/mol. The van der Waals surface area contributed by atoms with Crippen molar-refractivity contribution >= 4 is 17.7 Å². The van der Waals surface area contributed by atoms with Crippen LogP contribution in [0.3, 0.4) is 0 Å². The maximum Gasteiger partial charge on any atom is 0.316 e. The van der Waals surface area contributed by atoms with Gasteiger partial charge in [0.1, 0.15) is 5.92 Å². The zero-order valence-corrected chi connectivity index (χ0v) is 14.7. The van der Waals surface area contributed by atoms with Crippen LogP contribution in [0, 0.1) is 5.92 Å². The normalized spacial score (nSPS) is 17.2. The molecule has 0 saturated carbocycles. The van der Waals surface area contributed by atoms with Crippen LogP contribution in [0.2, 0.25) is 0 Å². The Kier molecular flexibility index (Phi) is 6.38. The van der Waals surface area contributed by atoms with Gasteiger partial charge in [-0.1, -0.05) is 6.07 Å². The van der Waals surface area contributed by atoms with E-state index in [1.807, 2.05) is 12.1 Å². The molecule has 0 aromatic heterocycles. The number of hydrogen-bond acceptors (Lipinski definition) is 6. The van der Waals surface area contributed by atoms with Crippen LogP contribution in [-0.4, -0.2) is 57.0 Å². The molecular weight excluding hydrogens is 326 g/mol. The molecule has 25 heavy (non-hydrogen) atoms. The van der Waals surface area contributed by atoms with Gasteiger partial charge in [0.05, 0.1) is 27.9 Å². The average molecular weight is 349 g/mol. The fourth-order valence-electron chi connectivity index (χ4n) is 2.87. The molecule has 1 atom stereocenters. The van der Waals surface area contributed by atoms with Crippen LogP contribution in [0.4, 0.5) is 0 Å². The lowest BCUT2D eigenvalue weighted by atomic mass is 9.95. The van der Waals surface area contributed by atoms with Gasteiger partial charge in [0.25, 0.3) is 0 Å². The second kappa shape index (κ2) is 8.50. The van der Waals surface area contributed by atoms with Gasteiger partial charge in [0.2, 0.25) is 5.91 Å². The van der Waals surface area contributed by atoms with Gasteiger partial charge in [-0.05, 0) is 30.5 Å². The van der Waals surface area contributed by atoms with Gasteiger partial charge >= 0.3 is 5.97 Å². The van der Waals surface area contributed by atoms with Gasteiger partial charge in [-0.3, -0.25) is 14.4 Å². The summed E-state index contributed by atoms with van der Waals surface area (Å²) in [5, 5.41) is 0. The molecule has 1 aliphatic heterocycles. The standard InChI is InChI=1S/C18H23NO6/c1-23-15-6-4-12(10-16(15)24-2)5-7-17(21)19-9-8-13(14(20)11-19)18(22)25-3/h4,6,10,13H,5,7-9,11H2,1-3H3. The molecule has 1 aromatic rings. The Morgan fingerprint density at radius 3 is 2.48 bits per heavy atom. The summed E-state index contributed by atoms with van der Waals surface area (Å²) in [7, 11) is 4.39. The number of ketones is 1. The molecule has 1 aliphatic rings. The number of benzene rings is 1. The van der Waals surface area contributed by atoms with Gasteiger partial charge < -0.3 is 19.1 Å². The van der Waals surface area contributed by atoms with E-state index in [4.69, 9.17) is 9.47 Å². The second-order valence-electron chi connectivity index (χ2n) is 5.84. The number of rotatable bonds is 6. The van der Waals surface area contributed by atoms with Crippen molar-refractivity contribution < 1.29 is 28.6 Å². The predicted octanol–water partition coefficient (Wildman–Crippen LogP) is 1.23. The number of esters is 1. The van der Waals surface area contributed by atoms with Crippen LogP contribution < -0.4 is 9.47 Å². The van der Waals surface area contributed by atoms with E-state index < -0.39 is 11.9 Å². The minimum atomic E-state index is -0.750. The van der Waals surface area contributed by atoms with E-state index in [0.29, 0.717) is 30.9 Å². The molecule has 7 nitrogen and oxygen atoms in total. The average Bonchev–Trinajstić information content (AvgIpc) is 2.64. The number of likely N-dealkylation sites (tertiary alicyclic amines) is 1. The van der Waals surface area contributed by atoms with E-state index in [1.54, 1.807) is 20.3 Å². The zero-order valence-electron chi connectivity index (χ0n) is 14.7. The first-order valence-corrected chi connectivity index (χ1v) is 8.09. The van der Waals surface area contributed by atoms with Crippen molar-refractivity contribution in [3.63, 3.8) is 0 Å². The summed E-state index contributed by atoms with van der Waals surface area (Å²) in [6.07, 6.45) is 1.13. The van der Waals surface area contributed by atoms with Crippen LogP contribution in [0.25, 0.3) is 0 Å². The van der Waals surface area contributed by atoms with Crippen molar-refractivity contribution in [3.8, 4) is 11.5 Å². The lowest BCUT2D eigenvalue weighted by Crippen LogP contribution is -2.46. The highest BCUT2D eigenvalue weighted by Gasteiger charge is 2.34. The van der Waals surface area contributed by atoms with Gasteiger partial charge in [-0.2, -0.15) is 0 Å². The van der Waals surface area contributed by atoms with Crippen molar-refractivity contribution in [1.82, 2.24) is 4.90 Å². The third kappa shape index (κ3) is 4.49. The maximum atomic E-state index is 12.3. The molecule has 0 bridgehead atoms. The zero-order chi connectivity index (χ0) is 18.4.